The molecule has 2 N–H and O–H groups in total. The molecule has 0 fully saturated rings. The van der Waals surface area contributed by atoms with Gasteiger partial charge in [-0.3, -0.25) is 15.1 Å². The van der Waals surface area contributed by atoms with E-state index in [-0.39, 0.29) is 18.0 Å². The first-order chi connectivity index (χ1) is 9.15. The Morgan fingerprint density at radius 2 is 2.16 bits per heavy atom. The van der Waals surface area contributed by atoms with Crippen molar-refractivity contribution in [3.63, 3.8) is 0 Å². The molecule has 4 heteroatoms. The monoisotopic (exact) mass is 263 g/mol. The van der Waals surface area contributed by atoms with Gasteiger partial charge in [-0.15, -0.1) is 0 Å². The zero-order chi connectivity index (χ0) is 14.1. The molecule has 106 valence electrons. The van der Waals surface area contributed by atoms with Crippen LogP contribution in [0.4, 0.5) is 0 Å². The number of carbonyl (C=O) groups excluding carboxylic acids is 1. The van der Waals surface area contributed by atoms with E-state index in [1.54, 1.807) is 6.20 Å². The quantitative estimate of drug-likeness (QED) is 0.708. The topological polar surface area (TPSA) is 54.0 Å². The van der Waals surface area contributed by atoms with E-state index in [2.05, 4.69) is 22.5 Å². The van der Waals surface area contributed by atoms with Crippen LogP contribution in [0.1, 0.15) is 51.6 Å². The van der Waals surface area contributed by atoms with Crippen molar-refractivity contribution in [3.05, 3.63) is 30.1 Å². The largest absolute Gasteiger partial charge is 0.355 e. The van der Waals surface area contributed by atoms with Crippen molar-refractivity contribution >= 4 is 5.91 Å². The van der Waals surface area contributed by atoms with Crippen molar-refractivity contribution in [1.82, 2.24) is 15.6 Å². The van der Waals surface area contributed by atoms with Gasteiger partial charge < -0.3 is 5.32 Å². The number of rotatable bonds is 8. The summed E-state index contributed by atoms with van der Waals surface area (Å²) < 4.78 is 0. The summed E-state index contributed by atoms with van der Waals surface area (Å²) in [7, 11) is 0. The third kappa shape index (κ3) is 5.83. The Hall–Kier alpha value is -1.42. The molecule has 0 aliphatic heterocycles. The zero-order valence-electron chi connectivity index (χ0n) is 12.1. The van der Waals surface area contributed by atoms with Crippen LogP contribution in [0.5, 0.6) is 0 Å². The maximum absolute atomic E-state index is 11.9. The SMILES string of the molecule is CCCCCNC(=O)C(C)N[C@H](C)c1cccnc1. The minimum Gasteiger partial charge on any atom is -0.355 e. The van der Waals surface area contributed by atoms with Gasteiger partial charge in [0.05, 0.1) is 6.04 Å². The van der Waals surface area contributed by atoms with Crippen LogP contribution in [0.3, 0.4) is 0 Å². The molecule has 2 atom stereocenters. The fourth-order valence-corrected chi connectivity index (χ4v) is 1.92. The lowest BCUT2D eigenvalue weighted by Crippen LogP contribution is -2.43. The van der Waals surface area contributed by atoms with E-state index < -0.39 is 0 Å². The molecule has 1 rings (SSSR count). The summed E-state index contributed by atoms with van der Waals surface area (Å²) >= 11 is 0. The Labute approximate surface area is 116 Å². The third-order valence-corrected chi connectivity index (χ3v) is 3.16. The van der Waals surface area contributed by atoms with E-state index in [1.165, 1.54) is 6.42 Å². The van der Waals surface area contributed by atoms with Gasteiger partial charge in [0.15, 0.2) is 0 Å². The van der Waals surface area contributed by atoms with Gasteiger partial charge >= 0.3 is 0 Å². The highest BCUT2D eigenvalue weighted by molar-refractivity contribution is 5.81. The normalized spacial score (nSPS) is 13.8. The van der Waals surface area contributed by atoms with Gasteiger partial charge in [0.1, 0.15) is 0 Å². The first-order valence-corrected chi connectivity index (χ1v) is 7.08. The van der Waals surface area contributed by atoms with Crippen LogP contribution >= 0.6 is 0 Å². The predicted octanol–water partition coefficient (Wildman–Crippen LogP) is 2.43. The highest BCUT2D eigenvalue weighted by atomic mass is 16.2. The Morgan fingerprint density at radius 3 is 2.79 bits per heavy atom. The van der Waals surface area contributed by atoms with Gasteiger partial charge in [0, 0.05) is 25.0 Å². The fraction of sp³-hybridized carbons (Fsp3) is 0.600. The summed E-state index contributed by atoms with van der Waals surface area (Å²) in [4.78, 5) is 16.0. The van der Waals surface area contributed by atoms with Crippen molar-refractivity contribution < 1.29 is 4.79 Å². The molecule has 0 aliphatic carbocycles. The van der Waals surface area contributed by atoms with E-state index in [4.69, 9.17) is 0 Å². The molecule has 0 bridgehead atoms. The number of aromatic nitrogens is 1. The number of pyridine rings is 1. The minimum absolute atomic E-state index is 0.0619. The Morgan fingerprint density at radius 1 is 1.37 bits per heavy atom. The number of hydrogen-bond acceptors (Lipinski definition) is 3. The second-order valence-corrected chi connectivity index (χ2v) is 4.89. The molecule has 0 aromatic carbocycles. The number of amides is 1. The molecule has 1 unspecified atom stereocenters. The second kappa shape index (κ2) is 8.64. The lowest BCUT2D eigenvalue weighted by Gasteiger charge is -2.19. The van der Waals surface area contributed by atoms with Crippen LogP contribution in [0, 0.1) is 0 Å². The smallest absolute Gasteiger partial charge is 0.236 e. The number of nitrogens with zero attached hydrogens (tertiary/aromatic N) is 1. The highest BCUT2D eigenvalue weighted by Crippen LogP contribution is 2.10. The fourth-order valence-electron chi connectivity index (χ4n) is 1.92. The molecule has 1 aromatic heterocycles. The maximum Gasteiger partial charge on any atom is 0.236 e. The van der Waals surface area contributed by atoms with E-state index in [0.717, 1.165) is 24.9 Å². The standard InChI is InChI=1S/C15H25N3O/c1-4-5-6-10-17-15(19)13(3)18-12(2)14-8-7-9-16-11-14/h7-9,11-13,18H,4-6,10H2,1-3H3,(H,17,19)/t12-,13?/m1/s1. The van der Waals surface area contributed by atoms with Crippen molar-refractivity contribution in [2.45, 2.75) is 52.1 Å². The molecule has 0 saturated carbocycles. The molecule has 0 radical (unpaired) electrons. The Bertz CT molecular complexity index is 367. The van der Waals surface area contributed by atoms with E-state index in [0.29, 0.717) is 0 Å². The van der Waals surface area contributed by atoms with Crippen LogP contribution in [0.2, 0.25) is 0 Å². The first kappa shape index (κ1) is 15.6. The van der Waals surface area contributed by atoms with Crippen LogP contribution in [0.25, 0.3) is 0 Å². The summed E-state index contributed by atoms with van der Waals surface area (Å²) in [5.41, 5.74) is 1.09. The molecule has 1 amide bonds. The second-order valence-electron chi connectivity index (χ2n) is 4.89. The van der Waals surface area contributed by atoms with Gasteiger partial charge in [-0.25, -0.2) is 0 Å². The molecule has 4 nitrogen and oxygen atoms in total. The van der Waals surface area contributed by atoms with Crippen LogP contribution in [0.15, 0.2) is 24.5 Å². The summed E-state index contributed by atoms with van der Waals surface area (Å²) in [6.07, 6.45) is 6.95. The Balaban J connectivity index is 2.33. The average Bonchev–Trinajstić information content (AvgIpc) is 2.44. The number of unbranched alkanes of at least 4 members (excludes halogenated alkanes) is 2. The minimum atomic E-state index is -0.197. The molecule has 0 aliphatic rings. The van der Waals surface area contributed by atoms with Crippen molar-refractivity contribution in [2.24, 2.45) is 0 Å². The summed E-state index contributed by atoms with van der Waals surface area (Å²) in [6, 6.07) is 3.83. The van der Waals surface area contributed by atoms with Gasteiger partial charge in [0.2, 0.25) is 5.91 Å². The lowest BCUT2D eigenvalue weighted by atomic mass is 10.1. The van der Waals surface area contributed by atoms with Gasteiger partial charge in [-0.05, 0) is 31.9 Å². The summed E-state index contributed by atoms with van der Waals surface area (Å²) in [5.74, 6) is 0.0619. The van der Waals surface area contributed by atoms with E-state index >= 15 is 0 Å². The summed E-state index contributed by atoms with van der Waals surface area (Å²) in [5, 5.41) is 6.24. The van der Waals surface area contributed by atoms with E-state index in [1.807, 2.05) is 32.2 Å². The highest BCUT2D eigenvalue weighted by Gasteiger charge is 2.15. The predicted molar refractivity (Wildman–Crippen MR) is 77.8 cm³/mol. The van der Waals surface area contributed by atoms with Crippen molar-refractivity contribution in [2.75, 3.05) is 6.54 Å². The maximum atomic E-state index is 11.9. The number of carbonyl (C=O) groups is 1. The average molecular weight is 263 g/mol. The van der Waals surface area contributed by atoms with Crippen LogP contribution in [-0.4, -0.2) is 23.5 Å². The summed E-state index contributed by atoms with van der Waals surface area (Å²) in [6.45, 7) is 6.85. The molecular weight excluding hydrogens is 238 g/mol. The Kier molecular flexibility index (Phi) is 7.11. The molecule has 1 heterocycles. The third-order valence-electron chi connectivity index (χ3n) is 3.16. The van der Waals surface area contributed by atoms with Crippen molar-refractivity contribution in [3.8, 4) is 0 Å². The van der Waals surface area contributed by atoms with E-state index in [9.17, 15) is 4.79 Å². The first-order valence-electron chi connectivity index (χ1n) is 7.08. The molecule has 1 aromatic rings. The van der Waals surface area contributed by atoms with Gasteiger partial charge in [-0.1, -0.05) is 25.8 Å². The molecule has 0 spiro atoms. The molecule has 19 heavy (non-hydrogen) atoms. The number of hydrogen-bond donors (Lipinski definition) is 2. The molecule has 0 saturated heterocycles. The lowest BCUT2D eigenvalue weighted by molar-refractivity contribution is -0.122. The van der Waals surface area contributed by atoms with Crippen LogP contribution in [-0.2, 0) is 4.79 Å². The number of nitrogens with one attached hydrogen (secondary N) is 2. The van der Waals surface area contributed by atoms with Gasteiger partial charge in [0.25, 0.3) is 0 Å². The van der Waals surface area contributed by atoms with Crippen LogP contribution < -0.4 is 10.6 Å². The zero-order valence-corrected chi connectivity index (χ0v) is 12.1. The van der Waals surface area contributed by atoms with Gasteiger partial charge in [-0.2, -0.15) is 0 Å². The van der Waals surface area contributed by atoms with Crippen molar-refractivity contribution in [1.29, 1.82) is 0 Å². The molecular formula is C15H25N3O.